The number of hydrogen-bond donors (Lipinski definition) is 10. The molecule has 358 valence electrons. The third-order valence-corrected chi connectivity index (χ3v) is 10.9. The second kappa shape index (κ2) is 33.6. The van der Waals surface area contributed by atoms with Crippen LogP contribution in [0.2, 0.25) is 0 Å². The highest BCUT2D eigenvalue weighted by Crippen LogP contribution is 2.23. The van der Waals surface area contributed by atoms with Crippen molar-refractivity contribution in [2.45, 2.75) is 211 Å². The molecule has 0 aromatic heterocycles. The average molecular weight is 887 g/mol. The van der Waals surface area contributed by atoms with E-state index >= 15 is 0 Å². The first kappa shape index (κ1) is 56.1. The van der Waals surface area contributed by atoms with E-state index in [0.29, 0.717) is 25.8 Å². The van der Waals surface area contributed by atoms with Gasteiger partial charge >= 0.3 is 5.97 Å². The predicted octanol–water partition coefficient (Wildman–Crippen LogP) is 1.71. The average Bonchev–Trinajstić information content (AvgIpc) is 3.22. The fourth-order valence-electron chi connectivity index (χ4n) is 7.24. The maximum Gasteiger partial charge on any atom is 0.326 e. The molecule has 0 aromatic rings. The van der Waals surface area contributed by atoms with Gasteiger partial charge in [-0.05, 0) is 38.5 Å². The number of rotatable bonds is 36. The van der Waals surface area contributed by atoms with Gasteiger partial charge in [0.05, 0.1) is 6.61 Å². The Kier molecular flexibility index (Phi) is 30.4. The number of aliphatic hydroxyl groups is 3. The molecule has 6 amide bonds. The fourth-order valence-corrected chi connectivity index (χ4v) is 7.24. The second-order valence-electron chi connectivity index (χ2n) is 16.3. The van der Waals surface area contributed by atoms with E-state index in [2.05, 4.69) is 33.5 Å². The van der Waals surface area contributed by atoms with E-state index in [4.69, 9.17) is 15.2 Å². The maximum atomic E-state index is 13.0. The highest BCUT2D eigenvalue weighted by molar-refractivity contribution is 5.92. The Bertz CT molecular complexity index is 1340. The number of carbonyl (C=O) groups excluding carboxylic acids is 6. The number of aliphatic hydroxyl groups excluding tert-OH is 3. The number of primary amides is 1. The number of nitrogens with two attached hydrogens (primary N) is 1. The van der Waals surface area contributed by atoms with Gasteiger partial charge in [-0.2, -0.15) is 0 Å². The van der Waals surface area contributed by atoms with Crippen LogP contribution in [-0.2, 0) is 43.0 Å². The van der Waals surface area contributed by atoms with Crippen molar-refractivity contribution in [3.05, 3.63) is 0 Å². The van der Waals surface area contributed by atoms with Crippen LogP contribution in [0.5, 0.6) is 0 Å². The number of unbranched alkanes of at least 4 members (excludes halogenated alkanes) is 15. The zero-order valence-corrected chi connectivity index (χ0v) is 37.3. The van der Waals surface area contributed by atoms with Crippen molar-refractivity contribution < 1.29 is 63.5 Å². The SMILES string of the molecule is CCCCCCCCCCCCCCCCCC(=O)NCCCCC(NC(=O)CCC(NC(=O)C(CC)NC(=O)COC1C(O)C(CO)OC(O)C1NC(C)=O)C(N)=O)C(=O)O. The topological polar surface area (TPSA) is 305 Å². The van der Waals surface area contributed by atoms with E-state index < -0.39 is 97.5 Å². The Balaban J connectivity index is 2.37. The largest absolute Gasteiger partial charge is 0.480 e. The zero-order valence-electron chi connectivity index (χ0n) is 37.3. The molecule has 11 N–H and O–H groups in total. The van der Waals surface area contributed by atoms with Crippen molar-refractivity contribution >= 4 is 41.4 Å². The van der Waals surface area contributed by atoms with Crippen LogP contribution in [0.4, 0.5) is 0 Å². The molecule has 8 unspecified atom stereocenters. The minimum atomic E-state index is -1.67. The van der Waals surface area contributed by atoms with E-state index in [-0.39, 0.29) is 31.6 Å². The molecule has 0 aromatic carbocycles. The molecule has 1 rings (SSSR count). The summed E-state index contributed by atoms with van der Waals surface area (Å²) >= 11 is 0. The van der Waals surface area contributed by atoms with Crippen LogP contribution in [0.3, 0.4) is 0 Å². The molecule has 0 bridgehead atoms. The van der Waals surface area contributed by atoms with Gasteiger partial charge in [0.25, 0.3) is 0 Å². The summed E-state index contributed by atoms with van der Waals surface area (Å²) in [6.07, 6.45) is 13.8. The minimum Gasteiger partial charge on any atom is -0.480 e. The molecule has 19 heteroatoms. The van der Waals surface area contributed by atoms with Gasteiger partial charge in [-0.3, -0.25) is 28.8 Å². The fraction of sp³-hybridized carbons (Fsp3) is 0.837. The Labute approximate surface area is 367 Å². The van der Waals surface area contributed by atoms with Gasteiger partial charge in [0.2, 0.25) is 35.4 Å². The molecule has 0 aliphatic carbocycles. The molecule has 0 spiro atoms. The molecule has 1 aliphatic rings. The summed E-state index contributed by atoms with van der Waals surface area (Å²) in [4.78, 5) is 86.4. The number of nitrogens with one attached hydrogen (secondary N) is 5. The summed E-state index contributed by atoms with van der Waals surface area (Å²) in [7, 11) is 0. The lowest BCUT2D eigenvalue weighted by atomic mass is 9.96. The van der Waals surface area contributed by atoms with Gasteiger partial charge in [0.1, 0.15) is 49.1 Å². The highest BCUT2D eigenvalue weighted by Gasteiger charge is 2.46. The molecule has 0 radical (unpaired) electrons. The van der Waals surface area contributed by atoms with E-state index in [1.807, 2.05) is 0 Å². The summed E-state index contributed by atoms with van der Waals surface area (Å²) in [5.41, 5.74) is 5.47. The zero-order chi connectivity index (χ0) is 46.3. The number of hydrogen-bond acceptors (Lipinski definition) is 12. The lowest BCUT2D eigenvalue weighted by Crippen LogP contribution is -2.65. The van der Waals surface area contributed by atoms with Crippen LogP contribution in [0.25, 0.3) is 0 Å². The van der Waals surface area contributed by atoms with Gasteiger partial charge in [0, 0.05) is 26.3 Å². The maximum absolute atomic E-state index is 13.0. The molecule has 8 atom stereocenters. The number of carboxylic acid groups (broad SMARTS) is 1. The molecule has 1 saturated heterocycles. The van der Waals surface area contributed by atoms with Crippen molar-refractivity contribution in [2.24, 2.45) is 5.73 Å². The molecule has 1 heterocycles. The van der Waals surface area contributed by atoms with Crippen molar-refractivity contribution in [1.29, 1.82) is 0 Å². The first-order valence-electron chi connectivity index (χ1n) is 22.8. The molecular weight excluding hydrogens is 809 g/mol. The van der Waals surface area contributed by atoms with Crippen molar-refractivity contribution in [3.8, 4) is 0 Å². The standard InChI is InChI=1S/C43H78N6O13/c1-4-6-7-8-9-10-11-12-13-14-15-16-17-18-19-23-34(52)45-26-21-20-22-32(42(58)59)48-35(53)25-24-31(40(44)56)49-41(57)30(5-2)47-36(54)28-61-39-37(46-29(3)51)43(60)62-33(27-50)38(39)55/h30-33,37-39,43,50,55,60H,4-28H2,1-3H3,(H2,44,56)(H,45,52)(H,46,51)(H,47,54)(H,48,53)(H,49,57)(H,58,59). The van der Waals surface area contributed by atoms with E-state index in [0.717, 1.165) is 26.2 Å². The molecule has 1 fully saturated rings. The summed E-state index contributed by atoms with van der Waals surface area (Å²) in [6, 6.07) is -5.04. The van der Waals surface area contributed by atoms with Crippen molar-refractivity contribution in [3.63, 3.8) is 0 Å². The molecular formula is C43H78N6O13. The number of ether oxygens (including phenoxy) is 2. The number of carbonyl (C=O) groups is 7. The Hall–Kier alpha value is -3.91. The summed E-state index contributed by atoms with van der Waals surface area (Å²) < 4.78 is 10.6. The monoisotopic (exact) mass is 887 g/mol. The molecule has 19 nitrogen and oxygen atoms in total. The Morgan fingerprint density at radius 2 is 1.24 bits per heavy atom. The molecule has 1 aliphatic heterocycles. The van der Waals surface area contributed by atoms with Crippen LogP contribution >= 0.6 is 0 Å². The summed E-state index contributed by atoms with van der Waals surface area (Å²) in [6.45, 7) is 3.91. The van der Waals surface area contributed by atoms with Crippen LogP contribution in [0.1, 0.15) is 162 Å². The van der Waals surface area contributed by atoms with Crippen molar-refractivity contribution in [2.75, 3.05) is 19.8 Å². The van der Waals surface area contributed by atoms with Crippen molar-refractivity contribution in [1.82, 2.24) is 26.6 Å². The molecule has 62 heavy (non-hydrogen) atoms. The van der Waals surface area contributed by atoms with E-state index in [1.165, 1.54) is 77.0 Å². The van der Waals surface area contributed by atoms with Gasteiger partial charge < -0.3 is 62.2 Å². The van der Waals surface area contributed by atoms with Gasteiger partial charge in [-0.1, -0.05) is 104 Å². The Morgan fingerprint density at radius 1 is 0.677 bits per heavy atom. The van der Waals surface area contributed by atoms with E-state index in [1.54, 1.807) is 6.92 Å². The third-order valence-electron chi connectivity index (χ3n) is 10.9. The Morgan fingerprint density at radius 3 is 1.76 bits per heavy atom. The summed E-state index contributed by atoms with van der Waals surface area (Å²) in [5.74, 6) is -5.19. The molecule has 0 saturated carbocycles. The predicted molar refractivity (Wildman–Crippen MR) is 230 cm³/mol. The quantitative estimate of drug-likeness (QED) is 0.0402. The second-order valence-corrected chi connectivity index (χ2v) is 16.3. The highest BCUT2D eigenvalue weighted by atomic mass is 16.6. The van der Waals surface area contributed by atoms with Crippen LogP contribution in [-0.4, -0.2) is 130 Å². The normalized spacial score (nSPS) is 20.0. The first-order valence-corrected chi connectivity index (χ1v) is 22.8. The van der Waals surface area contributed by atoms with Gasteiger partial charge in [-0.15, -0.1) is 0 Å². The van der Waals surface area contributed by atoms with Gasteiger partial charge in [0.15, 0.2) is 6.29 Å². The number of aliphatic carboxylic acids is 1. The number of carboxylic acids is 1. The third kappa shape index (κ3) is 24.7. The number of amides is 6. The van der Waals surface area contributed by atoms with Gasteiger partial charge in [-0.25, -0.2) is 4.79 Å². The van der Waals surface area contributed by atoms with E-state index in [9.17, 15) is 54.0 Å². The lowest BCUT2D eigenvalue weighted by molar-refractivity contribution is -0.261. The van der Waals surface area contributed by atoms with Crippen LogP contribution in [0.15, 0.2) is 0 Å². The summed E-state index contributed by atoms with van der Waals surface area (Å²) in [5, 5.41) is 52.4. The smallest absolute Gasteiger partial charge is 0.326 e. The lowest BCUT2D eigenvalue weighted by Gasteiger charge is -2.42. The first-order chi connectivity index (χ1) is 29.6. The minimum absolute atomic E-state index is 0.0381. The van der Waals surface area contributed by atoms with Crippen LogP contribution in [0, 0.1) is 0 Å². The van der Waals surface area contributed by atoms with Crippen LogP contribution < -0.4 is 32.3 Å².